The molecule has 0 saturated carbocycles. The van der Waals surface area contributed by atoms with Crippen molar-refractivity contribution in [2.45, 2.75) is 19.3 Å². The number of carbonyl (C=O) groups is 2. The zero-order valence-corrected chi connectivity index (χ0v) is 5.58. The van der Waals surface area contributed by atoms with Gasteiger partial charge in [-0.3, -0.25) is 14.8 Å². The lowest BCUT2D eigenvalue weighted by atomic mass is 10.2. The van der Waals surface area contributed by atoms with Gasteiger partial charge in [-0.05, 0) is 12.8 Å². The van der Waals surface area contributed by atoms with E-state index < -0.39 is 5.78 Å². The molecule has 4 nitrogen and oxygen atoms in total. The van der Waals surface area contributed by atoms with E-state index >= 15 is 0 Å². The lowest BCUT2D eigenvalue weighted by Gasteiger charge is -1.93. The first-order valence-electron chi connectivity index (χ1n) is 3.05. The molecule has 0 atom stereocenters. The Bertz CT molecular complexity index is 110. The van der Waals surface area contributed by atoms with Crippen molar-refractivity contribution in [3.8, 4) is 0 Å². The van der Waals surface area contributed by atoms with Gasteiger partial charge in [0.25, 0.3) is 0 Å². The summed E-state index contributed by atoms with van der Waals surface area (Å²) >= 11 is 0. The third-order valence-corrected chi connectivity index (χ3v) is 1.04. The topological polar surface area (TPSA) is 63.6 Å². The standard InChI is InChI=1S/C6H10O4/c7-5-6(8)3-1-2-4-10-9/h5,9H,1-4H2. The van der Waals surface area contributed by atoms with E-state index in [1.54, 1.807) is 0 Å². The molecule has 0 aliphatic rings. The van der Waals surface area contributed by atoms with Gasteiger partial charge in [0.1, 0.15) is 0 Å². The van der Waals surface area contributed by atoms with Gasteiger partial charge in [-0.15, -0.1) is 0 Å². The summed E-state index contributed by atoms with van der Waals surface area (Å²) in [6.07, 6.45) is 1.72. The summed E-state index contributed by atoms with van der Waals surface area (Å²) in [4.78, 5) is 23.8. The minimum atomic E-state index is -0.405. The molecule has 1 N–H and O–H groups in total. The number of hydrogen-bond acceptors (Lipinski definition) is 4. The molecule has 0 amide bonds. The lowest BCUT2D eigenvalue weighted by Crippen LogP contribution is -1.99. The minimum absolute atomic E-state index is 0.214. The normalized spacial score (nSPS) is 9.30. The van der Waals surface area contributed by atoms with Crippen LogP contribution in [0.1, 0.15) is 19.3 Å². The highest BCUT2D eigenvalue weighted by atomic mass is 17.1. The Kier molecular flexibility index (Phi) is 5.91. The minimum Gasteiger partial charge on any atom is -0.295 e. The molecule has 0 unspecified atom stereocenters. The average molecular weight is 146 g/mol. The van der Waals surface area contributed by atoms with Crippen molar-refractivity contribution in [2.24, 2.45) is 0 Å². The molecule has 0 saturated heterocycles. The second kappa shape index (κ2) is 6.38. The van der Waals surface area contributed by atoms with Gasteiger partial charge in [-0.25, -0.2) is 4.89 Å². The number of carbonyl (C=O) groups excluding carboxylic acids is 2. The van der Waals surface area contributed by atoms with Gasteiger partial charge in [0, 0.05) is 6.42 Å². The van der Waals surface area contributed by atoms with Gasteiger partial charge < -0.3 is 0 Å². The molecule has 0 spiro atoms. The molecule has 0 aromatic heterocycles. The van der Waals surface area contributed by atoms with Crippen LogP contribution < -0.4 is 0 Å². The van der Waals surface area contributed by atoms with Crippen molar-refractivity contribution in [2.75, 3.05) is 6.61 Å². The SMILES string of the molecule is O=CC(=O)CCCCOO. The van der Waals surface area contributed by atoms with Crippen LogP contribution >= 0.6 is 0 Å². The van der Waals surface area contributed by atoms with Gasteiger partial charge in [-0.2, -0.15) is 0 Å². The molecule has 4 heteroatoms. The molecule has 58 valence electrons. The molecular formula is C6H10O4. The van der Waals surface area contributed by atoms with Gasteiger partial charge in [0.05, 0.1) is 6.61 Å². The van der Waals surface area contributed by atoms with E-state index in [9.17, 15) is 9.59 Å². The Morgan fingerprint density at radius 2 is 2.20 bits per heavy atom. The van der Waals surface area contributed by atoms with Gasteiger partial charge in [0.2, 0.25) is 0 Å². The molecule has 0 aromatic carbocycles. The van der Waals surface area contributed by atoms with E-state index in [1.807, 2.05) is 0 Å². The molecule has 0 radical (unpaired) electrons. The van der Waals surface area contributed by atoms with Crippen molar-refractivity contribution in [3.63, 3.8) is 0 Å². The Morgan fingerprint density at radius 3 is 2.70 bits per heavy atom. The molecule has 0 heterocycles. The first kappa shape index (κ1) is 9.26. The fourth-order valence-electron chi connectivity index (χ4n) is 0.525. The first-order chi connectivity index (χ1) is 4.81. The van der Waals surface area contributed by atoms with Crippen LogP contribution in [0.3, 0.4) is 0 Å². The molecule has 0 bridgehead atoms. The van der Waals surface area contributed by atoms with E-state index in [0.29, 0.717) is 19.1 Å². The van der Waals surface area contributed by atoms with Crippen LogP contribution in [0.25, 0.3) is 0 Å². The van der Waals surface area contributed by atoms with Gasteiger partial charge in [-0.1, -0.05) is 0 Å². The Hall–Kier alpha value is -0.740. The lowest BCUT2D eigenvalue weighted by molar-refractivity contribution is -0.242. The molecule has 0 fully saturated rings. The second-order valence-corrected chi connectivity index (χ2v) is 1.87. The average Bonchev–Trinajstić information content (AvgIpc) is 1.98. The monoisotopic (exact) mass is 146 g/mol. The largest absolute Gasteiger partial charge is 0.295 e. The molecular weight excluding hydrogens is 136 g/mol. The second-order valence-electron chi connectivity index (χ2n) is 1.87. The summed E-state index contributed by atoms with van der Waals surface area (Å²) in [7, 11) is 0. The summed E-state index contributed by atoms with van der Waals surface area (Å²) in [6, 6.07) is 0. The van der Waals surface area contributed by atoms with Crippen LogP contribution in [0.5, 0.6) is 0 Å². The highest BCUT2D eigenvalue weighted by Crippen LogP contribution is 1.94. The van der Waals surface area contributed by atoms with E-state index in [0.717, 1.165) is 0 Å². The fourth-order valence-corrected chi connectivity index (χ4v) is 0.525. The number of aldehydes is 1. The van der Waals surface area contributed by atoms with E-state index in [2.05, 4.69) is 4.89 Å². The fraction of sp³-hybridized carbons (Fsp3) is 0.667. The summed E-state index contributed by atoms with van der Waals surface area (Å²) in [5.74, 6) is -0.405. The number of rotatable bonds is 6. The summed E-state index contributed by atoms with van der Waals surface area (Å²) < 4.78 is 0. The van der Waals surface area contributed by atoms with Crippen LogP contribution in [0, 0.1) is 0 Å². The van der Waals surface area contributed by atoms with Crippen LogP contribution in [0.15, 0.2) is 0 Å². The van der Waals surface area contributed by atoms with Gasteiger partial charge in [0.15, 0.2) is 12.1 Å². The van der Waals surface area contributed by atoms with Crippen LogP contribution in [0.2, 0.25) is 0 Å². The van der Waals surface area contributed by atoms with Crippen LogP contribution in [0.4, 0.5) is 0 Å². The van der Waals surface area contributed by atoms with Crippen molar-refractivity contribution in [3.05, 3.63) is 0 Å². The molecule has 0 aliphatic carbocycles. The molecule has 0 rings (SSSR count). The predicted octanol–water partition coefficient (Wildman–Crippen LogP) is 0.414. The van der Waals surface area contributed by atoms with Crippen molar-refractivity contribution in [1.29, 1.82) is 0 Å². The highest BCUT2D eigenvalue weighted by molar-refractivity contribution is 6.24. The number of Topliss-reactive ketones (excluding diaryl/α,β-unsaturated/α-hetero) is 1. The molecule has 0 aliphatic heterocycles. The third kappa shape index (κ3) is 5.40. The zero-order valence-electron chi connectivity index (χ0n) is 5.58. The smallest absolute Gasteiger partial charge is 0.195 e. The number of ketones is 1. The summed E-state index contributed by atoms with van der Waals surface area (Å²) in [5, 5.41) is 7.83. The Morgan fingerprint density at radius 1 is 1.50 bits per heavy atom. The summed E-state index contributed by atoms with van der Waals surface area (Å²) in [5.41, 5.74) is 0. The number of unbranched alkanes of at least 4 members (excludes halogenated alkanes) is 1. The van der Waals surface area contributed by atoms with Gasteiger partial charge >= 0.3 is 0 Å². The zero-order chi connectivity index (χ0) is 7.82. The van der Waals surface area contributed by atoms with E-state index in [4.69, 9.17) is 5.26 Å². The molecule has 0 aromatic rings. The number of hydrogen-bond donors (Lipinski definition) is 1. The van der Waals surface area contributed by atoms with E-state index in [1.165, 1.54) is 0 Å². The van der Waals surface area contributed by atoms with Crippen LogP contribution in [-0.4, -0.2) is 23.9 Å². The van der Waals surface area contributed by atoms with E-state index in [-0.39, 0.29) is 13.0 Å². The predicted molar refractivity (Wildman–Crippen MR) is 33.5 cm³/mol. The highest BCUT2D eigenvalue weighted by Gasteiger charge is 1.97. The maximum Gasteiger partial charge on any atom is 0.195 e. The maximum absolute atomic E-state index is 10.3. The van der Waals surface area contributed by atoms with Crippen molar-refractivity contribution in [1.82, 2.24) is 0 Å². The summed E-state index contributed by atoms with van der Waals surface area (Å²) in [6.45, 7) is 0.214. The molecule has 10 heavy (non-hydrogen) atoms. The Balaban J connectivity index is 3.03. The van der Waals surface area contributed by atoms with Crippen molar-refractivity contribution >= 4 is 12.1 Å². The Labute approximate surface area is 58.7 Å². The maximum atomic E-state index is 10.3. The third-order valence-electron chi connectivity index (χ3n) is 1.04. The first-order valence-corrected chi connectivity index (χ1v) is 3.05. The van der Waals surface area contributed by atoms with Crippen molar-refractivity contribution < 1.29 is 19.7 Å². The van der Waals surface area contributed by atoms with Crippen LogP contribution in [-0.2, 0) is 14.5 Å². The quantitative estimate of drug-likeness (QED) is 0.194.